The van der Waals surface area contributed by atoms with Crippen LogP contribution in [-0.4, -0.2) is 5.78 Å². The van der Waals surface area contributed by atoms with Gasteiger partial charge in [-0.1, -0.05) is 38.6 Å². The Hall–Kier alpha value is -2.03. The van der Waals surface area contributed by atoms with E-state index >= 15 is 0 Å². The first kappa shape index (κ1) is 15.4. The van der Waals surface area contributed by atoms with Gasteiger partial charge in [-0.2, -0.15) is 0 Å². The molecule has 1 aliphatic carbocycles. The molecule has 21 heavy (non-hydrogen) atoms. The van der Waals surface area contributed by atoms with Gasteiger partial charge in [-0.05, 0) is 52.8 Å². The standard InChI is InChI=1S/C18H21NO2/c1-11-8-14(19-21)6-7-15(11)13(3)17-12(2)9-18(4,5)10-16(17)20/h6-8,17H,2-3,9-10H2,1,4-5H3. The summed E-state index contributed by atoms with van der Waals surface area (Å²) in [7, 11) is 0. The quantitative estimate of drug-likeness (QED) is 0.581. The summed E-state index contributed by atoms with van der Waals surface area (Å²) < 4.78 is 0. The van der Waals surface area contributed by atoms with Crippen LogP contribution in [0.25, 0.3) is 5.57 Å². The Bertz CT molecular complexity index is 621. The lowest BCUT2D eigenvalue weighted by Gasteiger charge is -2.36. The molecule has 0 aromatic heterocycles. The number of hydrogen-bond acceptors (Lipinski definition) is 3. The predicted octanol–water partition coefficient (Wildman–Crippen LogP) is 4.97. The van der Waals surface area contributed by atoms with Crippen molar-refractivity contribution in [2.24, 2.45) is 16.5 Å². The molecule has 1 saturated carbocycles. The van der Waals surface area contributed by atoms with Gasteiger partial charge < -0.3 is 0 Å². The topological polar surface area (TPSA) is 46.5 Å². The van der Waals surface area contributed by atoms with Gasteiger partial charge in [0.2, 0.25) is 0 Å². The zero-order valence-electron chi connectivity index (χ0n) is 12.9. The Morgan fingerprint density at radius 3 is 2.52 bits per heavy atom. The number of carbonyl (C=O) groups excluding carboxylic acids is 1. The van der Waals surface area contributed by atoms with Gasteiger partial charge in [0.1, 0.15) is 11.5 Å². The molecule has 1 fully saturated rings. The number of Topliss-reactive ketones (excluding diaryl/α,β-unsaturated/α-hetero) is 1. The molecule has 1 atom stereocenters. The molecule has 1 aliphatic rings. The normalized spacial score (nSPS) is 21.2. The SMILES string of the molecule is C=C1CC(C)(C)CC(=O)C1C(=C)c1ccc(N=O)cc1C. The second kappa shape index (κ2) is 5.40. The molecular formula is C18H21NO2. The van der Waals surface area contributed by atoms with Crippen molar-refractivity contribution in [1.82, 2.24) is 0 Å². The fourth-order valence-corrected chi connectivity index (χ4v) is 3.24. The average Bonchev–Trinajstić information content (AvgIpc) is 2.35. The third-order valence-electron chi connectivity index (χ3n) is 4.10. The summed E-state index contributed by atoms with van der Waals surface area (Å²) in [6, 6.07) is 5.18. The molecule has 0 radical (unpaired) electrons. The molecule has 0 bridgehead atoms. The molecular weight excluding hydrogens is 262 g/mol. The van der Waals surface area contributed by atoms with Crippen molar-refractivity contribution in [2.75, 3.05) is 0 Å². The molecule has 1 aromatic rings. The van der Waals surface area contributed by atoms with Gasteiger partial charge in [0.15, 0.2) is 0 Å². The lowest BCUT2D eigenvalue weighted by molar-refractivity contribution is -0.123. The average molecular weight is 283 g/mol. The van der Waals surface area contributed by atoms with Crippen LogP contribution in [-0.2, 0) is 4.79 Å². The Morgan fingerprint density at radius 1 is 1.33 bits per heavy atom. The summed E-state index contributed by atoms with van der Waals surface area (Å²) in [5, 5.41) is 2.93. The lowest BCUT2D eigenvalue weighted by Crippen LogP contribution is -2.32. The summed E-state index contributed by atoms with van der Waals surface area (Å²) in [6.45, 7) is 14.3. The van der Waals surface area contributed by atoms with E-state index in [0.717, 1.165) is 28.7 Å². The van der Waals surface area contributed by atoms with Crippen molar-refractivity contribution < 1.29 is 4.79 Å². The van der Waals surface area contributed by atoms with Gasteiger partial charge in [-0.3, -0.25) is 4.79 Å². The monoisotopic (exact) mass is 283 g/mol. The molecule has 2 rings (SSSR count). The highest BCUT2D eigenvalue weighted by atomic mass is 16.3. The van der Waals surface area contributed by atoms with E-state index in [-0.39, 0.29) is 17.1 Å². The van der Waals surface area contributed by atoms with Crippen LogP contribution in [0.1, 0.15) is 37.8 Å². The van der Waals surface area contributed by atoms with Gasteiger partial charge in [0, 0.05) is 6.42 Å². The maximum Gasteiger partial charge on any atom is 0.144 e. The van der Waals surface area contributed by atoms with Crippen LogP contribution in [0.3, 0.4) is 0 Å². The molecule has 110 valence electrons. The minimum Gasteiger partial charge on any atom is -0.299 e. The van der Waals surface area contributed by atoms with Crippen LogP contribution in [0.5, 0.6) is 0 Å². The van der Waals surface area contributed by atoms with Crippen molar-refractivity contribution in [2.45, 2.75) is 33.6 Å². The van der Waals surface area contributed by atoms with E-state index in [9.17, 15) is 9.70 Å². The van der Waals surface area contributed by atoms with Crippen LogP contribution in [0, 0.1) is 23.2 Å². The Morgan fingerprint density at radius 2 is 2.00 bits per heavy atom. The Kier molecular flexibility index (Phi) is 3.95. The first-order valence-corrected chi connectivity index (χ1v) is 7.09. The molecule has 1 aromatic carbocycles. The number of ketones is 1. The number of aryl methyl sites for hydroxylation is 1. The van der Waals surface area contributed by atoms with Crippen LogP contribution in [0.15, 0.2) is 42.1 Å². The first-order valence-electron chi connectivity index (χ1n) is 7.09. The predicted molar refractivity (Wildman–Crippen MR) is 86.3 cm³/mol. The summed E-state index contributed by atoms with van der Waals surface area (Å²) in [5.74, 6) is -0.134. The van der Waals surface area contributed by atoms with E-state index < -0.39 is 0 Å². The molecule has 3 nitrogen and oxygen atoms in total. The van der Waals surface area contributed by atoms with Gasteiger partial charge in [0.25, 0.3) is 0 Å². The van der Waals surface area contributed by atoms with E-state index in [2.05, 4.69) is 32.2 Å². The van der Waals surface area contributed by atoms with E-state index in [1.807, 2.05) is 13.0 Å². The van der Waals surface area contributed by atoms with Crippen LogP contribution >= 0.6 is 0 Å². The second-order valence-electron chi connectivity index (χ2n) is 6.69. The minimum atomic E-state index is -0.313. The van der Waals surface area contributed by atoms with Crippen LogP contribution in [0.4, 0.5) is 5.69 Å². The fraction of sp³-hybridized carbons (Fsp3) is 0.389. The smallest absolute Gasteiger partial charge is 0.144 e. The molecule has 0 aliphatic heterocycles. The number of hydrogen-bond donors (Lipinski definition) is 0. The second-order valence-corrected chi connectivity index (χ2v) is 6.69. The number of benzene rings is 1. The maximum absolute atomic E-state index is 12.5. The summed E-state index contributed by atoms with van der Waals surface area (Å²) in [4.78, 5) is 23.1. The third kappa shape index (κ3) is 3.02. The van der Waals surface area contributed by atoms with Gasteiger partial charge in [-0.15, -0.1) is 4.91 Å². The fourth-order valence-electron chi connectivity index (χ4n) is 3.24. The number of nitroso groups, excluding NO2 is 1. The van der Waals surface area contributed by atoms with Gasteiger partial charge in [0.05, 0.1) is 5.92 Å². The van der Waals surface area contributed by atoms with Crippen molar-refractivity contribution in [3.8, 4) is 0 Å². The first-order chi connectivity index (χ1) is 9.75. The maximum atomic E-state index is 12.5. The minimum absolute atomic E-state index is 0.0225. The summed E-state index contributed by atoms with van der Waals surface area (Å²) >= 11 is 0. The van der Waals surface area contributed by atoms with E-state index in [0.29, 0.717) is 12.1 Å². The number of carbonyl (C=O) groups is 1. The van der Waals surface area contributed by atoms with Crippen LogP contribution in [0.2, 0.25) is 0 Å². The zero-order chi connectivity index (χ0) is 15.8. The largest absolute Gasteiger partial charge is 0.299 e. The number of nitrogens with zero attached hydrogens (tertiary/aromatic N) is 1. The molecule has 0 N–H and O–H groups in total. The highest BCUT2D eigenvalue weighted by Gasteiger charge is 2.37. The molecule has 0 amide bonds. The van der Waals surface area contributed by atoms with Crippen molar-refractivity contribution in [3.05, 3.63) is 53.0 Å². The number of allylic oxidation sites excluding steroid dienone is 2. The van der Waals surface area contributed by atoms with Crippen molar-refractivity contribution in [3.63, 3.8) is 0 Å². The molecule has 1 unspecified atom stereocenters. The zero-order valence-corrected chi connectivity index (χ0v) is 12.9. The molecule has 0 saturated heterocycles. The molecule has 0 heterocycles. The third-order valence-corrected chi connectivity index (χ3v) is 4.10. The Labute approximate surface area is 125 Å². The lowest BCUT2D eigenvalue weighted by atomic mass is 9.67. The van der Waals surface area contributed by atoms with E-state index in [1.165, 1.54) is 0 Å². The van der Waals surface area contributed by atoms with Crippen molar-refractivity contribution in [1.29, 1.82) is 0 Å². The van der Waals surface area contributed by atoms with Crippen molar-refractivity contribution >= 4 is 17.0 Å². The van der Waals surface area contributed by atoms with Gasteiger partial charge >= 0.3 is 0 Å². The Balaban J connectivity index is 2.34. The van der Waals surface area contributed by atoms with Gasteiger partial charge in [-0.25, -0.2) is 0 Å². The summed E-state index contributed by atoms with van der Waals surface area (Å²) in [6.07, 6.45) is 1.37. The van der Waals surface area contributed by atoms with Crippen LogP contribution < -0.4 is 0 Å². The van der Waals surface area contributed by atoms with E-state index in [1.54, 1.807) is 12.1 Å². The van der Waals surface area contributed by atoms with E-state index in [4.69, 9.17) is 0 Å². The highest BCUT2D eigenvalue weighted by Crippen LogP contribution is 2.44. The summed E-state index contributed by atoms with van der Waals surface area (Å²) in [5.41, 5.74) is 3.88. The molecule has 3 heteroatoms. The number of rotatable bonds is 3. The highest BCUT2D eigenvalue weighted by molar-refractivity contribution is 5.97. The molecule has 0 spiro atoms.